The number of benzene rings is 2. The van der Waals surface area contributed by atoms with Crippen LogP contribution in [0.15, 0.2) is 42.5 Å². The number of nitrogens with one attached hydrogen (secondary N) is 1. The van der Waals surface area contributed by atoms with Crippen molar-refractivity contribution in [2.75, 3.05) is 5.09 Å². The van der Waals surface area contributed by atoms with E-state index in [2.05, 4.69) is 0 Å². The minimum absolute atomic E-state index is 0.00369. The van der Waals surface area contributed by atoms with Crippen LogP contribution in [0.1, 0.15) is 36.5 Å². The molecule has 0 aliphatic rings. The van der Waals surface area contributed by atoms with Gasteiger partial charge in [0.2, 0.25) is 0 Å². The van der Waals surface area contributed by atoms with E-state index in [1.54, 1.807) is 12.1 Å². The molecule has 2 aromatic carbocycles. The fourth-order valence-corrected chi connectivity index (χ4v) is 3.22. The molecule has 0 amide bonds. The van der Waals surface area contributed by atoms with Crippen LogP contribution in [0.3, 0.4) is 0 Å². The topological polar surface area (TPSA) is 130 Å². The number of aromatic hydroxyl groups is 2. The number of phenols is 2. The van der Waals surface area contributed by atoms with Crippen molar-refractivity contribution >= 4 is 13.4 Å². The average molecular weight is 353 g/mol. The van der Waals surface area contributed by atoms with E-state index in [0.29, 0.717) is 12.0 Å². The zero-order chi connectivity index (χ0) is 17.9. The first-order chi connectivity index (χ1) is 11.2. The van der Waals surface area contributed by atoms with E-state index in [4.69, 9.17) is 9.79 Å². The third-order valence-electron chi connectivity index (χ3n) is 3.76. The van der Waals surface area contributed by atoms with Crippen LogP contribution in [0.4, 0.5) is 5.69 Å². The summed E-state index contributed by atoms with van der Waals surface area (Å²) in [6, 6.07) is 10.5. The van der Waals surface area contributed by atoms with E-state index < -0.39 is 19.8 Å². The van der Waals surface area contributed by atoms with Gasteiger partial charge in [0.05, 0.1) is 11.8 Å². The Labute approximate surface area is 139 Å². The number of aliphatic hydroxyl groups is 1. The highest BCUT2D eigenvalue weighted by Crippen LogP contribution is 2.45. The Balaban J connectivity index is 2.47. The Hall–Kier alpha value is -2.05. The van der Waals surface area contributed by atoms with Crippen LogP contribution in [0.5, 0.6) is 11.5 Å². The molecule has 0 saturated carbocycles. The zero-order valence-corrected chi connectivity index (χ0v) is 13.9. The summed E-state index contributed by atoms with van der Waals surface area (Å²) in [5, 5.41) is 32.5. The van der Waals surface area contributed by atoms with E-state index in [9.17, 15) is 19.9 Å². The van der Waals surface area contributed by atoms with Crippen LogP contribution in [0.25, 0.3) is 0 Å². The predicted octanol–water partition coefficient (Wildman–Crippen LogP) is 2.83. The molecule has 24 heavy (non-hydrogen) atoms. The minimum Gasteiger partial charge on any atom is -0.508 e. The van der Waals surface area contributed by atoms with Gasteiger partial charge in [-0.2, -0.15) is 0 Å². The number of rotatable bonds is 6. The van der Waals surface area contributed by atoms with E-state index in [1.165, 1.54) is 30.3 Å². The lowest BCUT2D eigenvalue weighted by molar-refractivity contribution is 0.140. The minimum atomic E-state index is -4.60. The third-order valence-corrected chi connectivity index (χ3v) is 4.30. The molecule has 2 atom stereocenters. The summed E-state index contributed by atoms with van der Waals surface area (Å²) in [5.74, 6) is -0.716. The van der Waals surface area contributed by atoms with Crippen molar-refractivity contribution in [1.82, 2.24) is 0 Å². The normalized spacial score (nSPS) is 14.2. The Morgan fingerprint density at radius 3 is 2.38 bits per heavy atom. The van der Waals surface area contributed by atoms with E-state index in [-0.39, 0.29) is 22.7 Å². The van der Waals surface area contributed by atoms with Gasteiger partial charge in [0.25, 0.3) is 0 Å². The van der Waals surface area contributed by atoms with Crippen molar-refractivity contribution in [2.24, 2.45) is 0 Å². The molecule has 7 nitrogen and oxygen atoms in total. The van der Waals surface area contributed by atoms with Gasteiger partial charge in [0.15, 0.2) is 0 Å². The first-order valence-corrected chi connectivity index (χ1v) is 8.97. The van der Waals surface area contributed by atoms with Gasteiger partial charge in [0, 0.05) is 11.5 Å². The molecule has 2 aromatic rings. The lowest BCUT2D eigenvalue weighted by Crippen LogP contribution is -2.13. The highest BCUT2D eigenvalue weighted by atomic mass is 31.2. The molecule has 0 aromatic heterocycles. The van der Waals surface area contributed by atoms with Crippen LogP contribution in [0.2, 0.25) is 0 Å². The highest BCUT2D eigenvalue weighted by molar-refractivity contribution is 7.53. The smallest absolute Gasteiger partial charge is 0.427 e. The predicted molar refractivity (Wildman–Crippen MR) is 89.9 cm³/mol. The summed E-state index contributed by atoms with van der Waals surface area (Å²) in [4.78, 5) is 18.2. The lowest BCUT2D eigenvalue weighted by atomic mass is 9.86. The summed E-state index contributed by atoms with van der Waals surface area (Å²) in [5.41, 5.74) is 0.598. The highest BCUT2D eigenvalue weighted by Gasteiger charge is 2.28. The second kappa shape index (κ2) is 7.23. The molecule has 130 valence electrons. The molecule has 2 rings (SSSR count). The maximum Gasteiger partial charge on any atom is 0.427 e. The van der Waals surface area contributed by atoms with Crippen molar-refractivity contribution in [3.63, 3.8) is 0 Å². The number of phenolic OH excluding ortho intramolecular Hbond substituents is 2. The van der Waals surface area contributed by atoms with E-state index in [0.717, 1.165) is 0 Å². The molecule has 6 N–H and O–H groups in total. The molecular weight excluding hydrogens is 333 g/mol. The molecule has 8 heteroatoms. The largest absolute Gasteiger partial charge is 0.508 e. The molecule has 0 aliphatic heterocycles. The zero-order valence-electron chi connectivity index (χ0n) is 13.0. The molecule has 0 aliphatic carbocycles. The number of anilines is 1. The van der Waals surface area contributed by atoms with E-state index in [1.807, 2.05) is 12.0 Å². The summed E-state index contributed by atoms with van der Waals surface area (Å²) >= 11 is 0. The van der Waals surface area contributed by atoms with Crippen molar-refractivity contribution in [1.29, 1.82) is 0 Å². The van der Waals surface area contributed by atoms with Crippen molar-refractivity contribution in [3.05, 3.63) is 53.6 Å². The average Bonchev–Trinajstić information content (AvgIpc) is 2.46. The van der Waals surface area contributed by atoms with Crippen molar-refractivity contribution in [3.8, 4) is 11.5 Å². The molecular formula is C16H20NO6P. The third kappa shape index (κ3) is 4.27. The van der Waals surface area contributed by atoms with Gasteiger partial charge >= 0.3 is 7.75 Å². The van der Waals surface area contributed by atoms with Gasteiger partial charge in [-0.25, -0.2) is 4.57 Å². The molecule has 0 heterocycles. The van der Waals surface area contributed by atoms with Crippen LogP contribution in [-0.4, -0.2) is 25.1 Å². The molecule has 0 saturated heterocycles. The summed E-state index contributed by atoms with van der Waals surface area (Å²) in [6.45, 7) is 1.83. The van der Waals surface area contributed by atoms with E-state index >= 15 is 0 Å². The van der Waals surface area contributed by atoms with Crippen molar-refractivity contribution < 1.29 is 29.7 Å². The summed E-state index contributed by atoms with van der Waals surface area (Å²) in [7, 11) is -4.60. The second-order valence-electron chi connectivity index (χ2n) is 5.45. The Kier molecular flexibility index (Phi) is 5.51. The van der Waals surface area contributed by atoms with Gasteiger partial charge in [0.1, 0.15) is 11.5 Å². The molecule has 0 radical (unpaired) electrons. The van der Waals surface area contributed by atoms with Gasteiger partial charge in [-0.1, -0.05) is 25.1 Å². The quantitative estimate of drug-likeness (QED) is 0.440. The summed E-state index contributed by atoms with van der Waals surface area (Å²) in [6.07, 6.45) is -0.749. The molecule has 0 fully saturated rings. The van der Waals surface area contributed by atoms with Crippen LogP contribution in [-0.2, 0) is 4.57 Å². The first-order valence-electron chi connectivity index (χ1n) is 7.35. The Morgan fingerprint density at radius 2 is 1.79 bits per heavy atom. The first kappa shape index (κ1) is 18.3. The second-order valence-corrected chi connectivity index (χ2v) is 6.76. The Morgan fingerprint density at radius 1 is 1.12 bits per heavy atom. The number of hydrogen-bond acceptors (Lipinski definition) is 4. The van der Waals surface area contributed by atoms with Crippen LogP contribution < -0.4 is 5.09 Å². The standard InChI is InChI=1S/C16H20NO6P/c1-2-12(10-5-3-6-11(18)9-10)16(20)15-13(17-24(21,22)23)7-4-8-14(15)19/h3-9,12,16,18-20H,2H2,1H3,(H3,17,21,22,23). The number of hydrogen-bond donors (Lipinski definition) is 6. The van der Waals surface area contributed by atoms with Gasteiger partial charge in [-0.15, -0.1) is 0 Å². The SMILES string of the molecule is CCC(c1cccc(O)c1)C(O)c1c(O)cccc1NP(=O)(O)O. The fraction of sp³-hybridized carbons (Fsp3) is 0.250. The van der Waals surface area contributed by atoms with Crippen molar-refractivity contribution in [2.45, 2.75) is 25.4 Å². The van der Waals surface area contributed by atoms with Gasteiger partial charge in [-0.05, 0) is 36.2 Å². The number of aliphatic hydroxyl groups excluding tert-OH is 1. The molecule has 0 bridgehead atoms. The lowest BCUT2D eigenvalue weighted by Gasteiger charge is -2.25. The van der Waals surface area contributed by atoms with Gasteiger partial charge < -0.3 is 25.1 Å². The molecule has 2 unspecified atom stereocenters. The summed E-state index contributed by atoms with van der Waals surface area (Å²) < 4.78 is 11.2. The van der Waals surface area contributed by atoms with Gasteiger partial charge in [-0.3, -0.25) is 5.09 Å². The monoisotopic (exact) mass is 353 g/mol. The fourth-order valence-electron chi connectivity index (χ4n) is 2.72. The maximum absolute atomic E-state index is 11.2. The maximum atomic E-state index is 11.2. The van der Waals surface area contributed by atoms with Crippen LogP contribution >= 0.6 is 7.75 Å². The Bertz CT molecular complexity index is 760. The van der Waals surface area contributed by atoms with Crippen LogP contribution in [0, 0.1) is 0 Å². The molecule has 0 spiro atoms.